The third kappa shape index (κ3) is 2.39. The van der Waals surface area contributed by atoms with Crippen molar-refractivity contribution in [2.75, 3.05) is 5.43 Å². The lowest BCUT2D eigenvalue weighted by molar-refractivity contribution is 0.627. The van der Waals surface area contributed by atoms with Gasteiger partial charge in [0.2, 0.25) is 0 Å². The summed E-state index contributed by atoms with van der Waals surface area (Å²) >= 11 is 0. The van der Waals surface area contributed by atoms with E-state index in [1.165, 1.54) is 31.0 Å². The van der Waals surface area contributed by atoms with Gasteiger partial charge >= 0.3 is 0 Å². The second-order valence-corrected chi connectivity index (χ2v) is 3.75. The highest BCUT2D eigenvalue weighted by Gasteiger charge is 2.03. The first-order chi connectivity index (χ1) is 9.33. The minimum atomic E-state index is -0.304. The summed E-state index contributed by atoms with van der Waals surface area (Å²) in [7, 11) is 0. The van der Waals surface area contributed by atoms with Crippen molar-refractivity contribution in [3.63, 3.8) is 0 Å². The molecule has 19 heavy (non-hydrogen) atoms. The summed E-state index contributed by atoms with van der Waals surface area (Å²) in [6, 6.07) is 6.13. The van der Waals surface area contributed by atoms with Gasteiger partial charge < -0.3 is 4.98 Å². The number of fused-ring (bicyclic) bond motifs is 1. The second kappa shape index (κ2) is 4.81. The van der Waals surface area contributed by atoms with Gasteiger partial charge in [0.15, 0.2) is 11.5 Å². The number of halogens is 1. The molecule has 0 amide bonds. The van der Waals surface area contributed by atoms with Crippen LogP contribution >= 0.6 is 0 Å². The van der Waals surface area contributed by atoms with Crippen LogP contribution in [0.15, 0.2) is 42.0 Å². The predicted octanol–water partition coefficient (Wildman–Crippen LogP) is 1.94. The van der Waals surface area contributed by atoms with Crippen LogP contribution in [0, 0.1) is 5.82 Å². The zero-order valence-electron chi connectivity index (χ0n) is 9.71. The highest BCUT2D eigenvalue weighted by molar-refractivity contribution is 5.84. The van der Waals surface area contributed by atoms with Crippen LogP contribution in [0.1, 0.15) is 5.56 Å². The van der Waals surface area contributed by atoms with Gasteiger partial charge in [-0.25, -0.2) is 19.3 Å². The van der Waals surface area contributed by atoms with Crippen molar-refractivity contribution in [2.24, 2.45) is 5.10 Å². The van der Waals surface area contributed by atoms with Gasteiger partial charge in [-0.2, -0.15) is 5.10 Å². The maximum absolute atomic E-state index is 13.0. The molecule has 0 aliphatic heterocycles. The third-order valence-electron chi connectivity index (χ3n) is 2.46. The molecule has 2 N–H and O–H groups in total. The minimum absolute atomic E-state index is 0.304. The molecule has 0 atom stereocenters. The monoisotopic (exact) mass is 256 g/mol. The first-order valence-corrected chi connectivity index (χ1v) is 5.51. The van der Waals surface area contributed by atoms with E-state index in [0.29, 0.717) is 22.5 Å². The van der Waals surface area contributed by atoms with Gasteiger partial charge in [0.1, 0.15) is 17.7 Å². The Labute approximate surface area is 107 Å². The fourth-order valence-corrected chi connectivity index (χ4v) is 1.60. The number of H-pyrrole nitrogens is 1. The first kappa shape index (κ1) is 11.3. The summed E-state index contributed by atoms with van der Waals surface area (Å²) in [5.41, 5.74) is 4.64. The lowest BCUT2D eigenvalue weighted by atomic mass is 10.2. The number of aromatic nitrogens is 4. The van der Waals surface area contributed by atoms with E-state index in [2.05, 4.69) is 30.5 Å². The molecule has 2 heterocycles. The normalized spacial score (nSPS) is 11.2. The molecule has 3 aromatic rings. The molecular formula is C12H9FN6. The number of nitrogens with one attached hydrogen (secondary N) is 2. The highest BCUT2D eigenvalue weighted by Crippen LogP contribution is 2.13. The zero-order valence-corrected chi connectivity index (χ0v) is 9.71. The van der Waals surface area contributed by atoms with Crippen molar-refractivity contribution in [2.45, 2.75) is 0 Å². The van der Waals surface area contributed by atoms with E-state index in [-0.39, 0.29) is 5.82 Å². The number of benzene rings is 1. The van der Waals surface area contributed by atoms with E-state index in [0.717, 1.165) is 0 Å². The molecule has 7 heteroatoms. The van der Waals surface area contributed by atoms with E-state index in [1.54, 1.807) is 12.1 Å². The number of imidazole rings is 1. The topological polar surface area (TPSA) is 78.8 Å². The molecule has 2 aromatic heterocycles. The Morgan fingerprint density at radius 3 is 3.11 bits per heavy atom. The Morgan fingerprint density at radius 2 is 2.21 bits per heavy atom. The Kier molecular flexibility index (Phi) is 2.85. The molecule has 0 fully saturated rings. The van der Waals surface area contributed by atoms with E-state index in [1.807, 2.05) is 0 Å². The predicted molar refractivity (Wildman–Crippen MR) is 69.3 cm³/mol. The van der Waals surface area contributed by atoms with Crippen LogP contribution in [0.4, 0.5) is 10.2 Å². The zero-order chi connectivity index (χ0) is 13.1. The summed E-state index contributed by atoms with van der Waals surface area (Å²) in [5.74, 6) is 0.206. The Morgan fingerprint density at radius 1 is 1.26 bits per heavy atom. The van der Waals surface area contributed by atoms with Crippen LogP contribution in [0.2, 0.25) is 0 Å². The summed E-state index contributed by atoms with van der Waals surface area (Å²) in [6.45, 7) is 0. The number of hydrogen-bond donors (Lipinski definition) is 2. The summed E-state index contributed by atoms with van der Waals surface area (Å²) < 4.78 is 13.0. The average molecular weight is 256 g/mol. The number of aromatic amines is 1. The molecule has 6 nitrogen and oxygen atoms in total. The summed E-state index contributed by atoms with van der Waals surface area (Å²) in [5, 5.41) is 4.00. The Bertz CT molecular complexity index is 736. The number of hydrogen-bond acceptors (Lipinski definition) is 5. The van der Waals surface area contributed by atoms with E-state index >= 15 is 0 Å². The maximum atomic E-state index is 13.0. The number of nitrogens with zero attached hydrogens (tertiary/aromatic N) is 4. The number of anilines is 1. The summed E-state index contributed by atoms with van der Waals surface area (Å²) in [6.07, 6.45) is 4.43. The van der Waals surface area contributed by atoms with Gasteiger partial charge in [-0.1, -0.05) is 12.1 Å². The SMILES string of the molecule is Fc1cccc(/C=N\Nc2ncnc3nc[nH]c23)c1. The molecule has 0 bridgehead atoms. The molecular weight excluding hydrogens is 247 g/mol. The van der Waals surface area contributed by atoms with Crippen molar-refractivity contribution in [1.82, 2.24) is 19.9 Å². The van der Waals surface area contributed by atoms with Gasteiger partial charge in [0, 0.05) is 0 Å². The van der Waals surface area contributed by atoms with Crippen LogP contribution in [-0.2, 0) is 0 Å². The molecule has 0 saturated heterocycles. The van der Waals surface area contributed by atoms with Crippen LogP contribution in [0.25, 0.3) is 11.2 Å². The van der Waals surface area contributed by atoms with Gasteiger partial charge in [-0.05, 0) is 17.7 Å². The Balaban J connectivity index is 1.81. The van der Waals surface area contributed by atoms with E-state index in [9.17, 15) is 4.39 Å². The molecule has 0 aliphatic carbocycles. The van der Waals surface area contributed by atoms with Crippen LogP contribution in [0.3, 0.4) is 0 Å². The van der Waals surface area contributed by atoms with Crippen molar-refractivity contribution < 1.29 is 4.39 Å². The fourth-order valence-electron chi connectivity index (χ4n) is 1.60. The lowest BCUT2D eigenvalue weighted by Gasteiger charge is -1.99. The molecule has 0 aliphatic rings. The maximum Gasteiger partial charge on any atom is 0.182 e. The third-order valence-corrected chi connectivity index (χ3v) is 2.46. The van der Waals surface area contributed by atoms with E-state index < -0.39 is 0 Å². The molecule has 94 valence electrons. The first-order valence-electron chi connectivity index (χ1n) is 5.51. The van der Waals surface area contributed by atoms with Crippen molar-refractivity contribution in [3.8, 4) is 0 Å². The summed E-state index contributed by atoms with van der Waals surface area (Å²) in [4.78, 5) is 15.0. The van der Waals surface area contributed by atoms with Gasteiger partial charge in [-0.15, -0.1) is 0 Å². The smallest absolute Gasteiger partial charge is 0.182 e. The van der Waals surface area contributed by atoms with Gasteiger partial charge in [0.25, 0.3) is 0 Å². The number of hydrazone groups is 1. The van der Waals surface area contributed by atoms with Gasteiger partial charge in [0.05, 0.1) is 12.5 Å². The molecule has 3 rings (SSSR count). The van der Waals surface area contributed by atoms with Crippen LogP contribution in [-0.4, -0.2) is 26.2 Å². The van der Waals surface area contributed by atoms with Crippen molar-refractivity contribution in [1.29, 1.82) is 0 Å². The molecule has 0 radical (unpaired) electrons. The molecule has 0 saturated carbocycles. The molecule has 1 aromatic carbocycles. The van der Waals surface area contributed by atoms with E-state index in [4.69, 9.17) is 0 Å². The standard InChI is InChI=1S/C12H9FN6/c13-9-3-1-2-8(4-9)5-18-19-12-10-11(15-6-14-10)16-7-17-12/h1-7H,(H2,14,15,16,17,19)/b18-5-. The quantitative estimate of drug-likeness (QED) is 0.554. The Hall–Kier alpha value is -2.83. The molecule has 0 unspecified atom stereocenters. The minimum Gasteiger partial charge on any atom is -0.340 e. The van der Waals surface area contributed by atoms with Crippen LogP contribution < -0.4 is 5.43 Å². The number of rotatable bonds is 3. The van der Waals surface area contributed by atoms with Crippen LogP contribution in [0.5, 0.6) is 0 Å². The molecule has 0 spiro atoms. The fraction of sp³-hybridized carbons (Fsp3) is 0. The highest BCUT2D eigenvalue weighted by atomic mass is 19.1. The second-order valence-electron chi connectivity index (χ2n) is 3.75. The largest absolute Gasteiger partial charge is 0.340 e. The average Bonchev–Trinajstić information content (AvgIpc) is 2.88. The lowest BCUT2D eigenvalue weighted by Crippen LogP contribution is -1.95. The van der Waals surface area contributed by atoms with Gasteiger partial charge in [-0.3, -0.25) is 5.43 Å². The van der Waals surface area contributed by atoms with Crippen molar-refractivity contribution in [3.05, 3.63) is 48.3 Å². The van der Waals surface area contributed by atoms with Crippen molar-refractivity contribution >= 4 is 23.2 Å².